The van der Waals surface area contributed by atoms with Crippen molar-refractivity contribution in [2.75, 3.05) is 36.0 Å². The van der Waals surface area contributed by atoms with Crippen LogP contribution in [0.4, 0.5) is 16.0 Å². The summed E-state index contributed by atoms with van der Waals surface area (Å²) in [4.78, 5) is 26.6. The second-order valence-corrected chi connectivity index (χ2v) is 12.7. The topological polar surface area (TPSA) is 115 Å². The van der Waals surface area contributed by atoms with Gasteiger partial charge in [-0.1, -0.05) is 18.1 Å². The van der Waals surface area contributed by atoms with Gasteiger partial charge < -0.3 is 29.9 Å². The average molecular weight is 603 g/mol. The Bertz CT molecular complexity index is 2040. The van der Waals surface area contributed by atoms with Gasteiger partial charge in [0.2, 0.25) is 0 Å². The fraction of sp³-hybridized carbons (Fsp3) is 0.353. The van der Waals surface area contributed by atoms with Gasteiger partial charge >= 0.3 is 6.01 Å². The fourth-order valence-electron chi connectivity index (χ4n) is 8.06. The maximum atomic E-state index is 16.8. The van der Waals surface area contributed by atoms with Gasteiger partial charge in [0.1, 0.15) is 29.4 Å². The third-order valence-electron chi connectivity index (χ3n) is 10.1. The van der Waals surface area contributed by atoms with Gasteiger partial charge in [0, 0.05) is 60.8 Å². The largest absolute Gasteiger partial charge is 0.508 e. The fourth-order valence-corrected chi connectivity index (χ4v) is 8.06. The van der Waals surface area contributed by atoms with Gasteiger partial charge in [-0.2, -0.15) is 9.97 Å². The Labute approximate surface area is 258 Å². The molecule has 3 aromatic heterocycles. The highest BCUT2D eigenvalue weighted by molar-refractivity contribution is 6.02. The predicted molar refractivity (Wildman–Crippen MR) is 169 cm³/mol. The third kappa shape index (κ3) is 4.05. The van der Waals surface area contributed by atoms with Crippen LogP contribution in [0.2, 0.25) is 0 Å². The molecule has 45 heavy (non-hydrogen) atoms. The van der Waals surface area contributed by atoms with E-state index in [1.807, 2.05) is 12.1 Å². The maximum absolute atomic E-state index is 16.8. The molecule has 3 saturated heterocycles. The van der Waals surface area contributed by atoms with Crippen molar-refractivity contribution in [1.82, 2.24) is 30.2 Å². The highest BCUT2D eigenvalue weighted by Gasteiger charge is 2.49. The van der Waals surface area contributed by atoms with E-state index in [-0.39, 0.29) is 28.5 Å². The molecular formula is C34H31FN8O2. The van der Waals surface area contributed by atoms with Gasteiger partial charge in [-0.25, -0.2) is 9.37 Å². The maximum Gasteiger partial charge on any atom is 0.319 e. The molecule has 0 spiro atoms. The zero-order valence-electron chi connectivity index (χ0n) is 24.6. The van der Waals surface area contributed by atoms with Crippen molar-refractivity contribution in [3.63, 3.8) is 0 Å². The summed E-state index contributed by atoms with van der Waals surface area (Å²) in [5.74, 6) is 3.68. The zero-order chi connectivity index (χ0) is 30.3. The van der Waals surface area contributed by atoms with Crippen LogP contribution in [-0.4, -0.2) is 73.9 Å². The number of rotatable bonds is 5. The van der Waals surface area contributed by atoms with Crippen molar-refractivity contribution in [3.8, 4) is 35.4 Å². The quantitative estimate of drug-likeness (QED) is 0.253. The summed E-state index contributed by atoms with van der Waals surface area (Å²) in [5.41, 5.74) is 2.05. The Kier molecular flexibility index (Phi) is 5.75. The molecule has 3 unspecified atom stereocenters. The van der Waals surface area contributed by atoms with E-state index in [0.717, 1.165) is 63.3 Å². The Balaban J connectivity index is 1.17. The standard InChI is InChI=1S/C34H31FN8O2/c1-2-19-5-3-6-20-11-23(44)12-24(27(19)20)29-28(35)30-25(14-36-29)31(42-15-21-7-8-22(16-42)39-21)41-33(40-30)45-17-34-9-4-10-43(34)32-26(13-34)37-18-38-32/h1,3,5-6,11-12,14,18,21-22,39,44H,4,7-10,13,15-17H2,(H,37,38). The van der Waals surface area contributed by atoms with Crippen LogP contribution >= 0.6 is 0 Å². The number of aromatic nitrogens is 5. The first-order valence-electron chi connectivity index (χ1n) is 15.5. The summed E-state index contributed by atoms with van der Waals surface area (Å²) < 4.78 is 23.3. The predicted octanol–water partition coefficient (Wildman–Crippen LogP) is 4.31. The lowest BCUT2D eigenvalue weighted by atomic mass is 9.95. The molecule has 4 aliphatic rings. The van der Waals surface area contributed by atoms with Gasteiger partial charge in [0.15, 0.2) is 11.6 Å². The summed E-state index contributed by atoms with van der Waals surface area (Å²) in [5, 5.41) is 16.1. The molecule has 0 amide bonds. The number of aromatic hydroxyl groups is 1. The van der Waals surface area contributed by atoms with Crippen LogP contribution in [0.25, 0.3) is 32.9 Å². The van der Waals surface area contributed by atoms with Crippen molar-refractivity contribution < 1.29 is 14.2 Å². The number of nitrogens with zero attached hydrogens (tertiary/aromatic N) is 6. The number of fused-ring (bicyclic) bond motifs is 7. The minimum absolute atomic E-state index is 0.00655. The Hall–Kier alpha value is -4.95. The van der Waals surface area contributed by atoms with Gasteiger partial charge in [-0.15, -0.1) is 6.42 Å². The van der Waals surface area contributed by atoms with Crippen LogP contribution < -0.4 is 19.9 Å². The summed E-state index contributed by atoms with van der Waals surface area (Å²) in [6.45, 7) is 2.78. The summed E-state index contributed by atoms with van der Waals surface area (Å²) in [6.07, 6.45) is 14.2. The normalized spacial score (nSPS) is 23.5. The van der Waals surface area contributed by atoms with Gasteiger partial charge in [0.25, 0.3) is 0 Å². The Morgan fingerprint density at radius 2 is 2.00 bits per heavy atom. The molecular weight excluding hydrogens is 571 g/mol. The van der Waals surface area contributed by atoms with Crippen LogP contribution in [0.15, 0.2) is 42.9 Å². The lowest BCUT2D eigenvalue weighted by molar-refractivity contribution is 0.208. The molecule has 9 rings (SSSR count). The SMILES string of the molecule is C#Cc1cccc2cc(O)cc(-c3ncc4c(N5CC6CCC(C5)N6)nc(OCC56CCCN5c5nc[nH]c5C6)nc4c3F)c12. The second kappa shape index (κ2) is 9.78. The molecule has 3 atom stereocenters. The number of terminal acetylenes is 1. The first-order chi connectivity index (χ1) is 22.0. The van der Waals surface area contributed by atoms with E-state index in [4.69, 9.17) is 16.1 Å². The molecule has 5 aromatic rings. The van der Waals surface area contributed by atoms with Crippen molar-refractivity contribution in [1.29, 1.82) is 0 Å². The number of phenolic OH excluding ortho intramolecular Hbond substituents is 1. The van der Waals surface area contributed by atoms with Crippen LogP contribution in [0.1, 0.15) is 36.9 Å². The number of aromatic amines is 1. The number of nitrogens with one attached hydrogen (secondary N) is 2. The number of piperazine rings is 1. The van der Waals surface area contributed by atoms with Crippen molar-refractivity contribution in [3.05, 3.63) is 59.9 Å². The molecule has 3 fully saturated rings. The number of ether oxygens (including phenoxy) is 1. The smallest absolute Gasteiger partial charge is 0.319 e. The monoisotopic (exact) mass is 602 g/mol. The lowest BCUT2D eigenvalue weighted by Crippen LogP contribution is -2.51. The Morgan fingerprint density at radius 3 is 2.84 bits per heavy atom. The molecule has 3 N–H and O–H groups in total. The van der Waals surface area contributed by atoms with Gasteiger partial charge in [-0.05, 0) is 49.3 Å². The van der Waals surface area contributed by atoms with E-state index in [9.17, 15) is 5.11 Å². The van der Waals surface area contributed by atoms with E-state index >= 15 is 4.39 Å². The third-order valence-corrected chi connectivity index (χ3v) is 10.1. The molecule has 10 nitrogen and oxygen atoms in total. The first-order valence-corrected chi connectivity index (χ1v) is 15.5. The molecule has 7 heterocycles. The second-order valence-electron chi connectivity index (χ2n) is 12.7. The van der Waals surface area contributed by atoms with Crippen LogP contribution in [0, 0.1) is 18.2 Å². The van der Waals surface area contributed by atoms with E-state index in [1.165, 1.54) is 6.07 Å². The highest BCUT2D eigenvalue weighted by Crippen LogP contribution is 2.44. The van der Waals surface area contributed by atoms with E-state index in [2.05, 4.69) is 41.0 Å². The van der Waals surface area contributed by atoms with Crippen LogP contribution in [-0.2, 0) is 6.42 Å². The average Bonchev–Trinajstić information content (AvgIpc) is 3.81. The number of halogens is 1. The number of benzene rings is 2. The lowest BCUT2D eigenvalue weighted by Gasteiger charge is -2.35. The van der Waals surface area contributed by atoms with Gasteiger partial charge in [-0.3, -0.25) is 4.98 Å². The number of H-pyrrole nitrogens is 1. The number of phenols is 1. The molecule has 0 radical (unpaired) electrons. The van der Waals surface area contributed by atoms with E-state index < -0.39 is 5.82 Å². The number of hydrogen-bond donors (Lipinski definition) is 3. The Morgan fingerprint density at radius 1 is 1.13 bits per heavy atom. The zero-order valence-corrected chi connectivity index (χ0v) is 24.6. The number of hydrogen-bond acceptors (Lipinski definition) is 9. The number of imidazole rings is 1. The van der Waals surface area contributed by atoms with Crippen molar-refractivity contribution >= 4 is 33.3 Å². The molecule has 4 aliphatic heterocycles. The molecule has 0 aliphatic carbocycles. The first kappa shape index (κ1) is 26.5. The van der Waals surface area contributed by atoms with Crippen LogP contribution in [0.5, 0.6) is 11.8 Å². The highest BCUT2D eigenvalue weighted by atomic mass is 19.1. The van der Waals surface area contributed by atoms with Crippen molar-refractivity contribution in [2.24, 2.45) is 0 Å². The number of anilines is 2. The molecule has 0 saturated carbocycles. The summed E-state index contributed by atoms with van der Waals surface area (Å²) >= 11 is 0. The van der Waals surface area contributed by atoms with Gasteiger partial charge in [0.05, 0.1) is 22.9 Å². The van der Waals surface area contributed by atoms with E-state index in [1.54, 1.807) is 24.7 Å². The molecule has 11 heteroatoms. The summed E-state index contributed by atoms with van der Waals surface area (Å²) in [6, 6.07) is 9.40. The molecule has 226 valence electrons. The van der Waals surface area contributed by atoms with E-state index in [0.29, 0.717) is 51.8 Å². The van der Waals surface area contributed by atoms with Crippen molar-refractivity contribution in [2.45, 2.75) is 49.7 Å². The molecule has 2 aromatic carbocycles. The summed E-state index contributed by atoms with van der Waals surface area (Å²) in [7, 11) is 0. The minimum Gasteiger partial charge on any atom is -0.508 e. The minimum atomic E-state index is -0.612. The number of pyridine rings is 1. The van der Waals surface area contributed by atoms with Crippen LogP contribution in [0.3, 0.4) is 0 Å². The molecule has 2 bridgehead atoms.